The van der Waals surface area contributed by atoms with Gasteiger partial charge in [-0.15, -0.1) is 0 Å². The summed E-state index contributed by atoms with van der Waals surface area (Å²) in [7, 11) is 2.18. The van der Waals surface area contributed by atoms with Gasteiger partial charge in [0.15, 0.2) is 0 Å². The minimum absolute atomic E-state index is 0.558. The molecule has 0 rings (SSSR count). The Kier molecular flexibility index (Phi) is 6.35. The van der Waals surface area contributed by atoms with Gasteiger partial charge in [-0.25, -0.2) is 0 Å². The van der Waals surface area contributed by atoms with Crippen molar-refractivity contribution in [2.24, 2.45) is 17.6 Å². The lowest BCUT2D eigenvalue weighted by molar-refractivity contribution is 0.197. The Morgan fingerprint density at radius 1 is 1.08 bits per heavy atom. The molecule has 0 aromatic carbocycles. The molecule has 0 spiro atoms. The average Bonchev–Trinajstić information content (AvgIpc) is 1.98. The predicted molar refractivity (Wildman–Crippen MR) is 59.8 cm³/mol. The number of hydrogen-bond donors (Lipinski definition) is 1. The van der Waals surface area contributed by atoms with Gasteiger partial charge in [-0.3, -0.25) is 0 Å². The van der Waals surface area contributed by atoms with Gasteiger partial charge in [0.2, 0.25) is 0 Å². The van der Waals surface area contributed by atoms with Gasteiger partial charge in [-0.1, -0.05) is 27.7 Å². The molecule has 2 heteroatoms. The van der Waals surface area contributed by atoms with Crippen molar-refractivity contribution in [1.82, 2.24) is 4.90 Å². The van der Waals surface area contributed by atoms with E-state index >= 15 is 0 Å². The first kappa shape index (κ1) is 12.9. The van der Waals surface area contributed by atoms with E-state index in [0.29, 0.717) is 6.04 Å². The second-order valence-electron chi connectivity index (χ2n) is 4.85. The van der Waals surface area contributed by atoms with Crippen molar-refractivity contribution in [1.29, 1.82) is 0 Å². The first-order valence-electron chi connectivity index (χ1n) is 5.37. The van der Waals surface area contributed by atoms with E-state index in [4.69, 9.17) is 5.73 Å². The number of rotatable bonds is 6. The van der Waals surface area contributed by atoms with Crippen LogP contribution in [-0.2, 0) is 0 Å². The Hall–Kier alpha value is -0.0800. The maximum atomic E-state index is 5.76. The third-order valence-electron chi connectivity index (χ3n) is 2.29. The maximum absolute atomic E-state index is 5.76. The van der Waals surface area contributed by atoms with Gasteiger partial charge in [0.25, 0.3) is 0 Å². The largest absolute Gasteiger partial charge is 0.329 e. The van der Waals surface area contributed by atoms with Gasteiger partial charge in [-0.05, 0) is 25.3 Å². The minimum atomic E-state index is 0.558. The Balaban J connectivity index is 3.91. The molecule has 80 valence electrons. The number of likely N-dealkylation sites (N-methyl/N-ethyl adjacent to an activating group) is 1. The van der Waals surface area contributed by atoms with Crippen molar-refractivity contribution in [3.63, 3.8) is 0 Å². The summed E-state index contributed by atoms with van der Waals surface area (Å²) in [5, 5.41) is 0. The van der Waals surface area contributed by atoms with E-state index in [1.54, 1.807) is 0 Å². The van der Waals surface area contributed by atoms with Gasteiger partial charge < -0.3 is 10.6 Å². The summed E-state index contributed by atoms with van der Waals surface area (Å²) in [6, 6.07) is 0.558. The van der Waals surface area contributed by atoms with E-state index in [0.717, 1.165) is 24.9 Å². The fourth-order valence-corrected chi connectivity index (χ4v) is 1.73. The Morgan fingerprint density at radius 3 is 1.92 bits per heavy atom. The topological polar surface area (TPSA) is 29.3 Å². The van der Waals surface area contributed by atoms with E-state index in [9.17, 15) is 0 Å². The first-order chi connectivity index (χ1) is 5.97. The zero-order chi connectivity index (χ0) is 10.4. The van der Waals surface area contributed by atoms with Gasteiger partial charge in [-0.2, -0.15) is 0 Å². The number of nitrogens with two attached hydrogens (primary N) is 1. The van der Waals surface area contributed by atoms with E-state index in [2.05, 4.69) is 39.6 Å². The Labute approximate surface area is 83.5 Å². The normalized spacial score (nSPS) is 14.5. The SMILES string of the molecule is CC(C)CC(CN)N(C)CC(C)C. The molecule has 0 fully saturated rings. The summed E-state index contributed by atoms with van der Waals surface area (Å²) in [6.45, 7) is 10.9. The molecular formula is C11H26N2. The molecule has 13 heavy (non-hydrogen) atoms. The van der Waals surface area contributed by atoms with Crippen LogP contribution in [0.5, 0.6) is 0 Å². The molecule has 2 nitrogen and oxygen atoms in total. The summed E-state index contributed by atoms with van der Waals surface area (Å²) in [6.07, 6.45) is 1.21. The van der Waals surface area contributed by atoms with Crippen LogP contribution in [0.2, 0.25) is 0 Å². The molecule has 0 heterocycles. The van der Waals surface area contributed by atoms with Crippen molar-refractivity contribution < 1.29 is 0 Å². The molecule has 0 aliphatic carbocycles. The number of hydrogen-bond acceptors (Lipinski definition) is 2. The van der Waals surface area contributed by atoms with Crippen LogP contribution in [0.4, 0.5) is 0 Å². The van der Waals surface area contributed by atoms with Crippen LogP contribution in [0, 0.1) is 11.8 Å². The summed E-state index contributed by atoms with van der Waals surface area (Å²) in [5.41, 5.74) is 5.76. The van der Waals surface area contributed by atoms with E-state index in [1.165, 1.54) is 6.42 Å². The highest BCUT2D eigenvalue weighted by Gasteiger charge is 2.14. The Morgan fingerprint density at radius 2 is 1.62 bits per heavy atom. The lowest BCUT2D eigenvalue weighted by atomic mass is 10.0. The maximum Gasteiger partial charge on any atom is 0.0217 e. The molecule has 0 aliphatic rings. The standard InChI is InChI=1S/C11H26N2/c1-9(2)6-11(7-12)13(5)8-10(3)4/h9-11H,6-8,12H2,1-5H3. The molecule has 0 aromatic heterocycles. The van der Waals surface area contributed by atoms with Crippen LogP contribution >= 0.6 is 0 Å². The van der Waals surface area contributed by atoms with Crippen LogP contribution in [0.3, 0.4) is 0 Å². The molecule has 1 unspecified atom stereocenters. The zero-order valence-corrected chi connectivity index (χ0v) is 9.88. The molecule has 2 N–H and O–H groups in total. The minimum Gasteiger partial charge on any atom is -0.329 e. The third kappa shape index (κ3) is 6.05. The molecule has 0 aliphatic heterocycles. The summed E-state index contributed by atoms with van der Waals surface area (Å²) < 4.78 is 0. The van der Waals surface area contributed by atoms with Gasteiger partial charge in [0.05, 0.1) is 0 Å². The fraction of sp³-hybridized carbons (Fsp3) is 1.00. The molecule has 0 radical (unpaired) electrons. The zero-order valence-electron chi connectivity index (χ0n) is 9.88. The van der Waals surface area contributed by atoms with Crippen LogP contribution in [-0.4, -0.2) is 31.1 Å². The Bertz CT molecular complexity index is 121. The summed E-state index contributed by atoms with van der Waals surface area (Å²) in [4.78, 5) is 2.39. The van der Waals surface area contributed by atoms with Crippen molar-refractivity contribution in [2.45, 2.75) is 40.2 Å². The van der Waals surface area contributed by atoms with Crippen molar-refractivity contribution in [3.05, 3.63) is 0 Å². The highest BCUT2D eigenvalue weighted by Crippen LogP contribution is 2.10. The summed E-state index contributed by atoms with van der Waals surface area (Å²) >= 11 is 0. The average molecular weight is 186 g/mol. The van der Waals surface area contributed by atoms with Crippen LogP contribution in [0.15, 0.2) is 0 Å². The molecule has 0 aromatic rings. The molecule has 0 amide bonds. The quantitative estimate of drug-likeness (QED) is 0.687. The fourth-order valence-electron chi connectivity index (χ4n) is 1.73. The van der Waals surface area contributed by atoms with Crippen molar-refractivity contribution >= 4 is 0 Å². The van der Waals surface area contributed by atoms with Crippen molar-refractivity contribution in [2.75, 3.05) is 20.1 Å². The van der Waals surface area contributed by atoms with Crippen LogP contribution in [0.1, 0.15) is 34.1 Å². The molecule has 0 bridgehead atoms. The molecule has 0 saturated carbocycles. The molecule has 1 atom stereocenters. The lowest BCUT2D eigenvalue weighted by Gasteiger charge is -2.29. The van der Waals surface area contributed by atoms with Crippen molar-refractivity contribution in [3.8, 4) is 0 Å². The smallest absolute Gasteiger partial charge is 0.0217 e. The second kappa shape index (κ2) is 6.39. The van der Waals surface area contributed by atoms with E-state index in [-0.39, 0.29) is 0 Å². The highest BCUT2D eigenvalue weighted by atomic mass is 15.1. The van der Waals surface area contributed by atoms with Gasteiger partial charge in [0, 0.05) is 19.1 Å². The van der Waals surface area contributed by atoms with E-state index in [1.807, 2.05) is 0 Å². The number of nitrogens with zero attached hydrogens (tertiary/aromatic N) is 1. The summed E-state index contributed by atoms with van der Waals surface area (Å²) in [5.74, 6) is 1.47. The van der Waals surface area contributed by atoms with Crippen LogP contribution in [0.25, 0.3) is 0 Å². The van der Waals surface area contributed by atoms with Crippen LogP contribution < -0.4 is 5.73 Å². The molecular weight excluding hydrogens is 160 g/mol. The lowest BCUT2D eigenvalue weighted by Crippen LogP contribution is -2.40. The predicted octanol–water partition coefficient (Wildman–Crippen LogP) is 1.95. The molecule has 0 saturated heterocycles. The van der Waals surface area contributed by atoms with Gasteiger partial charge in [0.1, 0.15) is 0 Å². The van der Waals surface area contributed by atoms with Gasteiger partial charge >= 0.3 is 0 Å². The monoisotopic (exact) mass is 186 g/mol. The van der Waals surface area contributed by atoms with E-state index < -0.39 is 0 Å². The highest BCUT2D eigenvalue weighted by molar-refractivity contribution is 4.71. The third-order valence-corrected chi connectivity index (χ3v) is 2.29. The second-order valence-corrected chi connectivity index (χ2v) is 4.85. The first-order valence-corrected chi connectivity index (χ1v) is 5.37.